The molecule has 0 saturated heterocycles. The van der Waals surface area contributed by atoms with Crippen LogP contribution in [0.1, 0.15) is 44.2 Å². The lowest BCUT2D eigenvalue weighted by atomic mass is 10.0. The third-order valence-corrected chi connectivity index (χ3v) is 4.48. The minimum atomic E-state index is -0.516. The highest BCUT2D eigenvalue weighted by atomic mass is 16.2. The summed E-state index contributed by atoms with van der Waals surface area (Å²) in [4.78, 5) is 27.6. The van der Waals surface area contributed by atoms with Crippen LogP contribution in [0, 0.1) is 0 Å². The van der Waals surface area contributed by atoms with Gasteiger partial charge in [-0.25, -0.2) is 0 Å². The average molecular weight is 367 g/mol. The molecule has 0 heterocycles. The molecule has 1 unspecified atom stereocenters. The first kappa shape index (κ1) is 20.7. The van der Waals surface area contributed by atoms with Crippen LogP contribution in [0.15, 0.2) is 60.7 Å². The second kappa shape index (κ2) is 11.2. The molecule has 2 aromatic rings. The van der Waals surface area contributed by atoms with E-state index < -0.39 is 6.04 Å². The summed E-state index contributed by atoms with van der Waals surface area (Å²) in [5, 5.41) is 2.98. The van der Waals surface area contributed by atoms with Crippen molar-refractivity contribution in [2.75, 3.05) is 6.54 Å². The van der Waals surface area contributed by atoms with E-state index in [2.05, 4.69) is 5.32 Å². The Morgan fingerprint density at radius 1 is 0.889 bits per heavy atom. The van der Waals surface area contributed by atoms with Gasteiger partial charge in [-0.15, -0.1) is 0 Å². The molecule has 2 amide bonds. The molecule has 0 aliphatic rings. The van der Waals surface area contributed by atoms with Crippen LogP contribution in [0.4, 0.5) is 0 Å². The SMILES string of the molecule is CCCNC(=O)C(Cc1ccccc1)N(Cc1ccccc1)C(=O)CCC. The number of hydrogen-bond donors (Lipinski definition) is 1. The third kappa shape index (κ3) is 6.55. The molecule has 0 saturated carbocycles. The normalized spacial score (nSPS) is 11.6. The summed E-state index contributed by atoms with van der Waals surface area (Å²) in [5.74, 6) is -0.0602. The van der Waals surface area contributed by atoms with Crippen LogP contribution < -0.4 is 5.32 Å². The summed E-state index contributed by atoms with van der Waals surface area (Å²) in [6.45, 7) is 5.07. The molecule has 0 radical (unpaired) electrons. The monoisotopic (exact) mass is 366 g/mol. The Morgan fingerprint density at radius 3 is 2.04 bits per heavy atom. The zero-order valence-corrected chi connectivity index (χ0v) is 16.4. The summed E-state index contributed by atoms with van der Waals surface area (Å²) in [7, 11) is 0. The maximum atomic E-state index is 12.9. The molecule has 27 heavy (non-hydrogen) atoms. The summed E-state index contributed by atoms with van der Waals surface area (Å²) in [5.41, 5.74) is 2.08. The topological polar surface area (TPSA) is 49.4 Å². The summed E-state index contributed by atoms with van der Waals surface area (Å²) in [6, 6.07) is 19.2. The maximum Gasteiger partial charge on any atom is 0.243 e. The van der Waals surface area contributed by atoms with Crippen molar-refractivity contribution in [2.45, 2.75) is 52.1 Å². The van der Waals surface area contributed by atoms with E-state index in [0.717, 1.165) is 24.0 Å². The fraction of sp³-hybridized carbons (Fsp3) is 0.391. The predicted octanol–water partition coefficient (Wildman–Crippen LogP) is 3.95. The quantitative estimate of drug-likeness (QED) is 0.692. The molecule has 0 fully saturated rings. The van der Waals surface area contributed by atoms with Crippen LogP contribution in [0.3, 0.4) is 0 Å². The van der Waals surface area contributed by atoms with Crippen LogP contribution in [0.5, 0.6) is 0 Å². The van der Waals surface area contributed by atoms with E-state index in [0.29, 0.717) is 25.9 Å². The standard InChI is InChI=1S/C23H30N2O2/c1-3-11-22(26)25(18-20-14-9-6-10-15-20)21(23(27)24-16-4-2)17-19-12-7-5-8-13-19/h5-10,12-15,21H,3-4,11,16-18H2,1-2H3,(H,24,27). The van der Waals surface area contributed by atoms with Gasteiger partial charge in [-0.05, 0) is 24.0 Å². The lowest BCUT2D eigenvalue weighted by Gasteiger charge is -2.31. The maximum absolute atomic E-state index is 12.9. The molecule has 4 nitrogen and oxygen atoms in total. The smallest absolute Gasteiger partial charge is 0.243 e. The Kier molecular flexibility index (Phi) is 8.56. The van der Waals surface area contributed by atoms with Crippen LogP contribution in [-0.4, -0.2) is 29.3 Å². The van der Waals surface area contributed by atoms with Crippen molar-refractivity contribution >= 4 is 11.8 Å². The minimum Gasteiger partial charge on any atom is -0.354 e. The van der Waals surface area contributed by atoms with Crippen LogP contribution in [0.2, 0.25) is 0 Å². The van der Waals surface area contributed by atoms with E-state index in [-0.39, 0.29) is 11.8 Å². The van der Waals surface area contributed by atoms with E-state index in [1.165, 1.54) is 0 Å². The largest absolute Gasteiger partial charge is 0.354 e. The number of benzene rings is 2. The first-order chi connectivity index (χ1) is 13.2. The van der Waals surface area contributed by atoms with Crippen molar-refractivity contribution < 1.29 is 9.59 Å². The molecule has 144 valence electrons. The van der Waals surface area contributed by atoms with E-state index in [1.807, 2.05) is 74.5 Å². The second-order valence-corrected chi connectivity index (χ2v) is 6.75. The van der Waals surface area contributed by atoms with Gasteiger partial charge in [-0.3, -0.25) is 9.59 Å². The molecule has 0 bridgehead atoms. The van der Waals surface area contributed by atoms with Crippen molar-refractivity contribution in [3.05, 3.63) is 71.8 Å². The van der Waals surface area contributed by atoms with Crippen molar-refractivity contribution in [1.29, 1.82) is 0 Å². The van der Waals surface area contributed by atoms with Gasteiger partial charge in [0.1, 0.15) is 6.04 Å². The predicted molar refractivity (Wildman–Crippen MR) is 109 cm³/mol. The molecule has 0 aromatic heterocycles. The Morgan fingerprint density at radius 2 is 1.48 bits per heavy atom. The van der Waals surface area contributed by atoms with E-state index >= 15 is 0 Å². The van der Waals surface area contributed by atoms with Gasteiger partial charge in [0.15, 0.2) is 0 Å². The number of hydrogen-bond acceptors (Lipinski definition) is 2. The van der Waals surface area contributed by atoms with Crippen LogP contribution >= 0.6 is 0 Å². The van der Waals surface area contributed by atoms with Crippen molar-refractivity contribution in [2.24, 2.45) is 0 Å². The highest BCUT2D eigenvalue weighted by Gasteiger charge is 2.29. The van der Waals surface area contributed by atoms with E-state index in [1.54, 1.807) is 4.90 Å². The van der Waals surface area contributed by atoms with Crippen molar-refractivity contribution in [3.63, 3.8) is 0 Å². The Balaban J connectivity index is 2.31. The molecular weight excluding hydrogens is 336 g/mol. The van der Waals surface area contributed by atoms with Crippen LogP contribution in [-0.2, 0) is 22.6 Å². The molecular formula is C23H30N2O2. The molecule has 1 N–H and O–H groups in total. The van der Waals surface area contributed by atoms with Crippen LogP contribution in [0.25, 0.3) is 0 Å². The Labute approximate surface area is 162 Å². The lowest BCUT2D eigenvalue weighted by molar-refractivity contribution is -0.141. The zero-order chi connectivity index (χ0) is 19.5. The van der Waals surface area contributed by atoms with Gasteiger partial charge in [0, 0.05) is 25.9 Å². The van der Waals surface area contributed by atoms with Gasteiger partial charge in [-0.1, -0.05) is 74.5 Å². The Hall–Kier alpha value is -2.62. The number of amides is 2. The number of carbonyl (C=O) groups is 2. The molecule has 1 atom stereocenters. The number of rotatable bonds is 10. The molecule has 0 aliphatic carbocycles. The summed E-state index contributed by atoms with van der Waals surface area (Å²) < 4.78 is 0. The molecule has 2 aromatic carbocycles. The summed E-state index contributed by atoms with van der Waals surface area (Å²) >= 11 is 0. The van der Waals surface area contributed by atoms with Gasteiger partial charge in [0.25, 0.3) is 0 Å². The minimum absolute atomic E-state index is 0.0222. The molecule has 0 aliphatic heterocycles. The highest BCUT2D eigenvalue weighted by molar-refractivity contribution is 5.88. The lowest BCUT2D eigenvalue weighted by Crippen LogP contribution is -2.50. The first-order valence-corrected chi connectivity index (χ1v) is 9.80. The third-order valence-electron chi connectivity index (χ3n) is 4.48. The second-order valence-electron chi connectivity index (χ2n) is 6.75. The molecule has 4 heteroatoms. The summed E-state index contributed by atoms with van der Waals surface area (Å²) in [6.07, 6.45) is 2.59. The van der Waals surface area contributed by atoms with Gasteiger partial charge in [0.2, 0.25) is 11.8 Å². The first-order valence-electron chi connectivity index (χ1n) is 9.80. The number of carbonyl (C=O) groups excluding carboxylic acids is 2. The van der Waals surface area contributed by atoms with E-state index in [9.17, 15) is 9.59 Å². The number of nitrogens with one attached hydrogen (secondary N) is 1. The zero-order valence-electron chi connectivity index (χ0n) is 16.4. The van der Waals surface area contributed by atoms with Gasteiger partial charge >= 0.3 is 0 Å². The fourth-order valence-electron chi connectivity index (χ4n) is 3.06. The van der Waals surface area contributed by atoms with Gasteiger partial charge in [-0.2, -0.15) is 0 Å². The van der Waals surface area contributed by atoms with Gasteiger partial charge < -0.3 is 10.2 Å². The number of nitrogens with zero attached hydrogens (tertiary/aromatic N) is 1. The van der Waals surface area contributed by atoms with Gasteiger partial charge in [0.05, 0.1) is 0 Å². The van der Waals surface area contributed by atoms with E-state index in [4.69, 9.17) is 0 Å². The molecule has 2 rings (SSSR count). The Bertz CT molecular complexity index is 701. The van der Waals surface area contributed by atoms with Crippen molar-refractivity contribution in [1.82, 2.24) is 10.2 Å². The fourth-order valence-corrected chi connectivity index (χ4v) is 3.06. The highest BCUT2D eigenvalue weighted by Crippen LogP contribution is 2.16. The average Bonchev–Trinajstić information content (AvgIpc) is 2.70. The molecule has 0 spiro atoms. The van der Waals surface area contributed by atoms with Crippen molar-refractivity contribution in [3.8, 4) is 0 Å².